The summed E-state index contributed by atoms with van der Waals surface area (Å²) in [5.74, 6) is -1.18. The molecule has 1 atom stereocenters. The van der Waals surface area contributed by atoms with Crippen LogP contribution in [-0.4, -0.2) is 17.9 Å². The first kappa shape index (κ1) is 14.7. The van der Waals surface area contributed by atoms with Gasteiger partial charge in [-0.05, 0) is 37.3 Å². The highest BCUT2D eigenvalue weighted by Gasteiger charge is 2.16. The summed E-state index contributed by atoms with van der Waals surface area (Å²) in [6.07, 6.45) is 0. The second kappa shape index (κ2) is 6.65. The number of carbonyl (C=O) groups excluding carboxylic acids is 2. The Morgan fingerprint density at radius 1 is 1.05 bits per heavy atom. The predicted molar refractivity (Wildman–Crippen MR) is 78.4 cm³/mol. The van der Waals surface area contributed by atoms with Gasteiger partial charge in [-0.15, -0.1) is 0 Å². The Morgan fingerprint density at radius 3 is 2.43 bits per heavy atom. The molecule has 2 rings (SSSR count). The van der Waals surface area contributed by atoms with Gasteiger partial charge in [0, 0.05) is 11.3 Å². The Kier molecular flexibility index (Phi) is 4.66. The minimum Gasteiger partial charge on any atom is -0.341 e. The highest BCUT2D eigenvalue weighted by Crippen LogP contribution is 2.09. The summed E-state index contributed by atoms with van der Waals surface area (Å²) >= 11 is 0. The molecule has 0 saturated carbocycles. The molecule has 2 amide bonds. The van der Waals surface area contributed by atoms with Gasteiger partial charge in [0.2, 0.25) is 5.91 Å². The van der Waals surface area contributed by atoms with Crippen LogP contribution in [0, 0.1) is 5.82 Å². The molecule has 21 heavy (non-hydrogen) atoms. The first-order valence-electron chi connectivity index (χ1n) is 6.48. The zero-order valence-electron chi connectivity index (χ0n) is 11.5. The SMILES string of the molecule is C[C@H](NC(=O)c1ccccc1)C(=O)Nc1cccc(F)c1. The highest BCUT2D eigenvalue weighted by atomic mass is 19.1. The van der Waals surface area contributed by atoms with Crippen LogP contribution in [0.15, 0.2) is 54.6 Å². The van der Waals surface area contributed by atoms with Crippen LogP contribution in [0.5, 0.6) is 0 Å². The van der Waals surface area contributed by atoms with Crippen molar-refractivity contribution in [2.75, 3.05) is 5.32 Å². The third-order valence-electron chi connectivity index (χ3n) is 2.87. The van der Waals surface area contributed by atoms with Gasteiger partial charge < -0.3 is 10.6 Å². The molecule has 2 aromatic carbocycles. The first-order chi connectivity index (χ1) is 10.1. The van der Waals surface area contributed by atoms with Crippen LogP contribution in [0.4, 0.5) is 10.1 Å². The number of carbonyl (C=O) groups is 2. The Bertz CT molecular complexity index is 644. The molecule has 0 aliphatic heterocycles. The lowest BCUT2D eigenvalue weighted by molar-refractivity contribution is -0.117. The summed E-state index contributed by atoms with van der Waals surface area (Å²) < 4.78 is 13.0. The van der Waals surface area contributed by atoms with Crippen LogP contribution in [0.3, 0.4) is 0 Å². The van der Waals surface area contributed by atoms with Gasteiger partial charge in [-0.25, -0.2) is 4.39 Å². The third-order valence-corrected chi connectivity index (χ3v) is 2.87. The van der Waals surface area contributed by atoms with E-state index in [0.717, 1.165) is 0 Å². The van der Waals surface area contributed by atoms with Crippen molar-refractivity contribution in [1.29, 1.82) is 0 Å². The second-order valence-corrected chi connectivity index (χ2v) is 4.56. The summed E-state index contributed by atoms with van der Waals surface area (Å²) in [6.45, 7) is 1.56. The van der Waals surface area contributed by atoms with Crippen LogP contribution in [-0.2, 0) is 4.79 Å². The molecule has 0 heterocycles. The minimum atomic E-state index is -0.735. The Morgan fingerprint density at radius 2 is 1.76 bits per heavy atom. The van der Waals surface area contributed by atoms with Crippen molar-refractivity contribution in [2.24, 2.45) is 0 Å². The molecule has 0 unspecified atom stereocenters. The smallest absolute Gasteiger partial charge is 0.251 e. The molecule has 108 valence electrons. The molecule has 0 aromatic heterocycles. The standard InChI is InChI=1S/C16H15FN2O2/c1-11(18-16(21)12-6-3-2-4-7-12)15(20)19-14-9-5-8-13(17)10-14/h2-11H,1H3,(H,18,21)(H,19,20)/t11-/m0/s1. The Hall–Kier alpha value is -2.69. The van der Waals surface area contributed by atoms with Gasteiger partial charge in [-0.3, -0.25) is 9.59 Å². The van der Waals surface area contributed by atoms with E-state index in [4.69, 9.17) is 0 Å². The number of nitrogens with one attached hydrogen (secondary N) is 2. The van der Waals surface area contributed by atoms with Gasteiger partial charge >= 0.3 is 0 Å². The maximum Gasteiger partial charge on any atom is 0.251 e. The molecule has 0 aliphatic carbocycles. The Labute approximate surface area is 122 Å². The summed E-state index contributed by atoms with van der Waals surface area (Å²) in [7, 11) is 0. The molecule has 4 nitrogen and oxygen atoms in total. The van der Waals surface area contributed by atoms with E-state index in [9.17, 15) is 14.0 Å². The summed E-state index contributed by atoms with van der Waals surface area (Å²) in [6, 6.07) is 13.4. The monoisotopic (exact) mass is 286 g/mol. The molecular weight excluding hydrogens is 271 g/mol. The average Bonchev–Trinajstić information content (AvgIpc) is 2.48. The third kappa shape index (κ3) is 4.14. The van der Waals surface area contributed by atoms with Gasteiger partial charge in [-0.2, -0.15) is 0 Å². The molecule has 0 saturated heterocycles. The summed E-state index contributed by atoms with van der Waals surface area (Å²) in [5, 5.41) is 5.13. The maximum atomic E-state index is 13.0. The highest BCUT2D eigenvalue weighted by molar-refractivity contribution is 6.00. The lowest BCUT2D eigenvalue weighted by Crippen LogP contribution is -2.41. The van der Waals surface area contributed by atoms with Gasteiger partial charge in [0.05, 0.1) is 0 Å². The zero-order valence-corrected chi connectivity index (χ0v) is 11.5. The molecule has 0 bridgehead atoms. The van der Waals surface area contributed by atoms with Crippen molar-refractivity contribution in [2.45, 2.75) is 13.0 Å². The summed E-state index contributed by atoms with van der Waals surface area (Å²) in [4.78, 5) is 23.9. The van der Waals surface area contributed by atoms with E-state index < -0.39 is 17.8 Å². The van der Waals surface area contributed by atoms with Crippen LogP contribution in [0.25, 0.3) is 0 Å². The van der Waals surface area contributed by atoms with Crippen molar-refractivity contribution in [3.05, 3.63) is 66.0 Å². The molecule has 2 aromatic rings. The van der Waals surface area contributed by atoms with Crippen molar-refractivity contribution in [3.63, 3.8) is 0 Å². The molecule has 5 heteroatoms. The molecular formula is C16H15FN2O2. The van der Waals surface area contributed by atoms with E-state index in [0.29, 0.717) is 11.3 Å². The van der Waals surface area contributed by atoms with Crippen LogP contribution < -0.4 is 10.6 Å². The maximum absolute atomic E-state index is 13.0. The van der Waals surface area contributed by atoms with E-state index in [1.807, 2.05) is 0 Å². The number of hydrogen-bond donors (Lipinski definition) is 2. The van der Waals surface area contributed by atoms with Crippen molar-refractivity contribution in [3.8, 4) is 0 Å². The quantitative estimate of drug-likeness (QED) is 0.907. The van der Waals surface area contributed by atoms with Crippen LogP contribution in [0.2, 0.25) is 0 Å². The van der Waals surface area contributed by atoms with Crippen LogP contribution in [0.1, 0.15) is 17.3 Å². The van der Waals surface area contributed by atoms with E-state index in [1.54, 1.807) is 43.3 Å². The van der Waals surface area contributed by atoms with E-state index in [-0.39, 0.29) is 5.91 Å². The topological polar surface area (TPSA) is 58.2 Å². The molecule has 0 spiro atoms. The summed E-state index contributed by atoms with van der Waals surface area (Å²) in [5.41, 5.74) is 0.823. The Balaban J connectivity index is 1.95. The lowest BCUT2D eigenvalue weighted by Gasteiger charge is -2.14. The zero-order chi connectivity index (χ0) is 15.2. The van der Waals surface area contributed by atoms with Crippen molar-refractivity contribution in [1.82, 2.24) is 5.32 Å². The van der Waals surface area contributed by atoms with Crippen LogP contribution >= 0.6 is 0 Å². The van der Waals surface area contributed by atoms with Gasteiger partial charge in [0.1, 0.15) is 11.9 Å². The number of benzene rings is 2. The van der Waals surface area contributed by atoms with Crippen molar-refractivity contribution < 1.29 is 14.0 Å². The number of halogens is 1. The first-order valence-corrected chi connectivity index (χ1v) is 6.48. The largest absolute Gasteiger partial charge is 0.341 e. The number of amides is 2. The van der Waals surface area contributed by atoms with Gasteiger partial charge in [0.25, 0.3) is 5.91 Å². The van der Waals surface area contributed by atoms with Crippen molar-refractivity contribution >= 4 is 17.5 Å². The normalized spacial score (nSPS) is 11.5. The van der Waals surface area contributed by atoms with E-state index in [2.05, 4.69) is 10.6 Å². The second-order valence-electron chi connectivity index (χ2n) is 4.56. The fourth-order valence-electron chi connectivity index (χ4n) is 1.75. The van der Waals surface area contributed by atoms with Gasteiger partial charge in [-0.1, -0.05) is 24.3 Å². The number of anilines is 1. The molecule has 2 N–H and O–H groups in total. The predicted octanol–water partition coefficient (Wildman–Crippen LogP) is 2.58. The lowest BCUT2D eigenvalue weighted by atomic mass is 10.2. The average molecular weight is 286 g/mol. The number of hydrogen-bond acceptors (Lipinski definition) is 2. The fourth-order valence-corrected chi connectivity index (χ4v) is 1.75. The van der Waals surface area contributed by atoms with E-state index >= 15 is 0 Å². The molecule has 0 fully saturated rings. The number of rotatable bonds is 4. The fraction of sp³-hybridized carbons (Fsp3) is 0.125. The van der Waals surface area contributed by atoms with Gasteiger partial charge in [0.15, 0.2) is 0 Å². The molecule has 0 radical (unpaired) electrons. The minimum absolute atomic E-state index is 0.336. The van der Waals surface area contributed by atoms with E-state index in [1.165, 1.54) is 18.2 Å². The molecule has 0 aliphatic rings.